The number of nitrogens with one attached hydrogen (secondary N) is 2. The standard InChI is InChI=1S/C21H25N3O3/c1-21(15-7-4-3-5-8-15)13-27-18-16(20(26)23-2)11-14(12-17(18)21)19(25)24-10-6-9-22/h3-5,7-8,11-12H,6,9-10,13,22H2,1-2H3,(H,23,26)(H,24,25). The fourth-order valence-corrected chi connectivity index (χ4v) is 3.37. The summed E-state index contributed by atoms with van der Waals surface area (Å²) >= 11 is 0. The van der Waals surface area contributed by atoms with Crippen LogP contribution >= 0.6 is 0 Å². The van der Waals surface area contributed by atoms with Crippen LogP contribution in [0.3, 0.4) is 0 Å². The fraction of sp³-hybridized carbons (Fsp3) is 0.333. The van der Waals surface area contributed by atoms with Crippen LogP contribution in [-0.4, -0.2) is 38.6 Å². The molecule has 3 rings (SSSR count). The lowest BCUT2D eigenvalue weighted by molar-refractivity contribution is 0.0953. The van der Waals surface area contributed by atoms with E-state index in [4.69, 9.17) is 10.5 Å². The predicted octanol–water partition coefficient (Wildman–Crippen LogP) is 1.82. The number of nitrogens with two attached hydrogens (primary N) is 1. The lowest BCUT2D eigenvalue weighted by Crippen LogP contribution is -2.28. The Balaban J connectivity index is 2.08. The maximum atomic E-state index is 12.6. The summed E-state index contributed by atoms with van der Waals surface area (Å²) in [6.45, 7) is 3.48. The van der Waals surface area contributed by atoms with Crippen LogP contribution in [0.5, 0.6) is 5.75 Å². The van der Waals surface area contributed by atoms with Crippen molar-refractivity contribution in [2.45, 2.75) is 18.8 Å². The van der Waals surface area contributed by atoms with E-state index >= 15 is 0 Å². The van der Waals surface area contributed by atoms with Crippen molar-refractivity contribution in [2.75, 3.05) is 26.7 Å². The van der Waals surface area contributed by atoms with Crippen molar-refractivity contribution < 1.29 is 14.3 Å². The summed E-state index contributed by atoms with van der Waals surface area (Å²) in [5.41, 5.74) is 7.79. The summed E-state index contributed by atoms with van der Waals surface area (Å²) in [6.07, 6.45) is 0.698. The van der Waals surface area contributed by atoms with E-state index in [-0.39, 0.29) is 11.8 Å². The van der Waals surface area contributed by atoms with Crippen LogP contribution in [-0.2, 0) is 5.41 Å². The van der Waals surface area contributed by atoms with Gasteiger partial charge in [-0.05, 0) is 37.6 Å². The van der Waals surface area contributed by atoms with Gasteiger partial charge in [-0.2, -0.15) is 0 Å². The first-order valence-electron chi connectivity index (χ1n) is 9.08. The molecule has 4 N–H and O–H groups in total. The molecule has 1 aliphatic rings. The summed E-state index contributed by atoms with van der Waals surface area (Å²) in [6, 6.07) is 13.4. The van der Waals surface area contributed by atoms with Crippen LogP contribution in [0, 0.1) is 0 Å². The highest BCUT2D eigenvalue weighted by molar-refractivity contribution is 6.02. The van der Waals surface area contributed by atoms with Crippen LogP contribution in [0.4, 0.5) is 0 Å². The van der Waals surface area contributed by atoms with Gasteiger partial charge in [0.2, 0.25) is 0 Å². The van der Waals surface area contributed by atoms with Crippen molar-refractivity contribution in [3.63, 3.8) is 0 Å². The molecule has 0 bridgehead atoms. The van der Waals surface area contributed by atoms with Gasteiger partial charge in [-0.1, -0.05) is 30.3 Å². The smallest absolute Gasteiger partial charge is 0.254 e. The number of fused-ring (bicyclic) bond motifs is 1. The maximum absolute atomic E-state index is 12.6. The number of carbonyl (C=O) groups excluding carboxylic acids is 2. The Bertz CT molecular complexity index is 851. The maximum Gasteiger partial charge on any atom is 0.254 e. The minimum absolute atomic E-state index is 0.223. The van der Waals surface area contributed by atoms with E-state index in [0.717, 1.165) is 11.1 Å². The van der Waals surface area contributed by atoms with Gasteiger partial charge in [0.15, 0.2) is 0 Å². The van der Waals surface area contributed by atoms with Gasteiger partial charge in [-0.25, -0.2) is 0 Å². The average molecular weight is 367 g/mol. The third kappa shape index (κ3) is 3.53. The van der Waals surface area contributed by atoms with Gasteiger partial charge in [0.25, 0.3) is 11.8 Å². The molecule has 1 unspecified atom stereocenters. The molecule has 0 fully saturated rings. The number of hydrogen-bond acceptors (Lipinski definition) is 4. The monoisotopic (exact) mass is 367 g/mol. The zero-order valence-electron chi connectivity index (χ0n) is 15.7. The first kappa shape index (κ1) is 18.9. The van der Waals surface area contributed by atoms with E-state index in [2.05, 4.69) is 17.6 Å². The average Bonchev–Trinajstić information content (AvgIpc) is 3.05. The summed E-state index contributed by atoms with van der Waals surface area (Å²) in [7, 11) is 1.56. The second-order valence-electron chi connectivity index (χ2n) is 6.86. The zero-order chi connectivity index (χ0) is 19.4. The first-order chi connectivity index (χ1) is 13.0. The van der Waals surface area contributed by atoms with Crippen LogP contribution in [0.1, 0.15) is 45.2 Å². The third-order valence-corrected chi connectivity index (χ3v) is 5.00. The largest absolute Gasteiger partial charge is 0.491 e. The number of hydrogen-bond donors (Lipinski definition) is 3. The summed E-state index contributed by atoms with van der Waals surface area (Å²) < 4.78 is 5.95. The lowest BCUT2D eigenvalue weighted by Gasteiger charge is -2.24. The summed E-state index contributed by atoms with van der Waals surface area (Å²) in [5.74, 6) is 0.0399. The van der Waals surface area contributed by atoms with E-state index in [1.165, 1.54) is 0 Å². The molecule has 6 heteroatoms. The predicted molar refractivity (Wildman–Crippen MR) is 104 cm³/mol. The Morgan fingerprint density at radius 3 is 2.59 bits per heavy atom. The second kappa shape index (κ2) is 7.80. The Hall–Kier alpha value is -2.86. The SMILES string of the molecule is CNC(=O)c1cc(C(=O)NCCCN)cc2c1OCC2(C)c1ccccc1. The molecule has 1 heterocycles. The summed E-state index contributed by atoms with van der Waals surface area (Å²) in [5, 5.41) is 5.48. The van der Waals surface area contributed by atoms with E-state index in [1.54, 1.807) is 13.1 Å². The molecule has 0 spiro atoms. The molecule has 0 saturated heterocycles. The molecule has 1 aliphatic heterocycles. The van der Waals surface area contributed by atoms with Crippen LogP contribution < -0.4 is 21.1 Å². The van der Waals surface area contributed by atoms with Gasteiger partial charge in [-0.3, -0.25) is 9.59 Å². The molecule has 27 heavy (non-hydrogen) atoms. The van der Waals surface area contributed by atoms with Gasteiger partial charge in [0.05, 0.1) is 11.0 Å². The number of rotatable bonds is 6. The van der Waals surface area contributed by atoms with E-state index < -0.39 is 5.41 Å². The van der Waals surface area contributed by atoms with Crippen molar-refractivity contribution in [2.24, 2.45) is 5.73 Å². The molecule has 1 atom stereocenters. The molecule has 2 aromatic rings. The van der Waals surface area contributed by atoms with Crippen molar-refractivity contribution in [3.8, 4) is 5.75 Å². The quantitative estimate of drug-likeness (QED) is 0.679. The van der Waals surface area contributed by atoms with Crippen molar-refractivity contribution in [1.82, 2.24) is 10.6 Å². The highest BCUT2D eigenvalue weighted by Gasteiger charge is 2.40. The second-order valence-corrected chi connectivity index (χ2v) is 6.86. The fourth-order valence-electron chi connectivity index (χ4n) is 3.37. The minimum Gasteiger partial charge on any atom is -0.491 e. The summed E-state index contributed by atoms with van der Waals surface area (Å²) in [4.78, 5) is 25.0. The number of benzene rings is 2. The molecule has 142 valence electrons. The molecule has 0 radical (unpaired) electrons. The zero-order valence-corrected chi connectivity index (χ0v) is 15.7. The van der Waals surface area contributed by atoms with Gasteiger partial charge in [-0.15, -0.1) is 0 Å². The van der Waals surface area contributed by atoms with Gasteiger partial charge < -0.3 is 21.1 Å². The van der Waals surface area contributed by atoms with Crippen LogP contribution in [0.25, 0.3) is 0 Å². The topological polar surface area (TPSA) is 93.5 Å². The third-order valence-electron chi connectivity index (χ3n) is 5.00. The van der Waals surface area contributed by atoms with E-state index in [9.17, 15) is 9.59 Å². The Morgan fingerprint density at radius 1 is 1.19 bits per heavy atom. The van der Waals surface area contributed by atoms with Gasteiger partial charge in [0, 0.05) is 24.7 Å². The highest BCUT2D eigenvalue weighted by Crippen LogP contribution is 2.45. The number of amides is 2. The molecule has 0 saturated carbocycles. The lowest BCUT2D eigenvalue weighted by atomic mass is 9.77. The molecule has 0 aliphatic carbocycles. The van der Waals surface area contributed by atoms with Crippen molar-refractivity contribution >= 4 is 11.8 Å². The van der Waals surface area contributed by atoms with Gasteiger partial charge in [0.1, 0.15) is 12.4 Å². The molecular weight excluding hydrogens is 342 g/mol. The molecule has 2 aromatic carbocycles. The van der Waals surface area contributed by atoms with E-state index in [0.29, 0.717) is 43.0 Å². The number of ether oxygens (including phenoxy) is 1. The van der Waals surface area contributed by atoms with Gasteiger partial charge >= 0.3 is 0 Å². The Labute approximate surface area is 159 Å². The normalized spacial score (nSPS) is 17.7. The van der Waals surface area contributed by atoms with E-state index in [1.807, 2.05) is 36.4 Å². The molecule has 0 aromatic heterocycles. The molecule has 6 nitrogen and oxygen atoms in total. The van der Waals surface area contributed by atoms with Crippen molar-refractivity contribution in [3.05, 3.63) is 64.7 Å². The Kier molecular flexibility index (Phi) is 5.46. The first-order valence-corrected chi connectivity index (χ1v) is 9.08. The van der Waals surface area contributed by atoms with Crippen LogP contribution in [0.2, 0.25) is 0 Å². The van der Waals surface area contributed by atoms with Crippen molar-refractivity contribution in [1.29, 1.82) is 0 Å². The molecule has 2 amide bonds. The Morgan fingerprint density at radius 2 is 1.93 bits per heavy atom. The highest BCUT2D eigenvalue weighted by atomic mass is 16.5. The van der Waals surface area contributed by atoms with Crippen LogP contribution in [0.15, 0.2) is 42.5 Å². The minimum atomic E-state index is -0.438. The number of carbonyl (C=O) groups is 2. The molecular formula is C21H25N3O3.